The first-order chi connectivity index (χ1) is 17.9. The molecule has 0 bridgehead atoms. The summed E-state index contributed by atoms with van der Waals surface area (Å²) in [6, 6.07) is 18.1. The van der Waals surface area contributed by atoms with Crippen molar-refractivity contribution in [2.45, 2.75) is 46.1 Å². The molecule has 0 aliphatic carbocycles. The Balaban J connectivity index is 1.97. The quantitative estimate of drug-likeness (QED) is 0.151. The Morgan fingerprint density at radius 1 is 0.947 bits per heavy atom. The van der Waals surface area contributed by atoms with Gasteiger partial charge in [-0.15, -0.1) is 0 Å². The van der Waals surface area contributed by atoms with Gasteiger partial charge in [0.15, 0.2) is 0 Å². The van der Waals surface area contributed by atoms with Crippen LogP contribution in [0.1, 0.15) is 56.0 Å². The first-order valence-corrected chi connectivity index (χ1v) is 12.3. The van der Waals surface area contributed by atoms with Crippen molar-refractivity contribution in [3.05, 3.63) is 94.6 Å². The summed E-state index contributed by atoms with van der Waals surface area (Å²) in [5, 5.41) is 11.6. The Morgan fingerprint density at radius 2 is 1.63 bits per heavy atom. The minimum atomic E-state index is -0.961. The molecule has 1 amide bonds. The Labute approximate surface area is 222 Å². The molecular weight excluding hydrogens is 482 g/mol. The molecule has 3 aromatic rings. The molecule has 3 aromatic carbocycles. The highest BCUT2D eigenvalue weighted by Crippen LogP contribution is 2.43. The first kappa shape index (κ1) is 26.7. The Bertz CT molecular complexity index is 1450. The maximum absolute atomic E-state index is 13.5. The third kappa shape index (κ3) is 5.05. The van der Waals surface area contributed by atoms with Crippen LogP contribution in [0.3, 0.4) is 0 Å². The van der Waals surface area contributed by atoms with Gasteiger partial charge in [-0.05, 0) is 71.5 Å². The second-order valence-corrected chi connectivity index (χ2v) is 10.3. The number of aliphatic hydroxyl groups is 1. The number of hydrogen-bond acceptors (Lipinski definition) is 6. The molecule has 0 saturated carbocycles. The van der Waals surface area contributed by atoms with E-state index in [9.17, 15) is 19.5 Å². The van der Waals surface area contributed by atoms with Gasteiger partial charge in [0.2, 0.25) is 0 Å². The highest BCUT2D eigenvalue weighted by Gasteiger charge is 2.47. The SMILES string of the molecule is COc1ccc(N2C(=O)C(=O)/C(=C(/O)c3cc(C(C)(C)C)ccc3C)C2c2cccc(OC(C)=O)c2)cc1. The van der Waals surface area contributed by atoms with Gasteiger partial charge in [-0.25, -0.2) is 0 Å². The molecule has 7 heteroatoms. The minimum absolute atomic E-state index is 0.0417. The molecule has 1 saturated heterocycles. The lowest BCUT2D eigenvalue weighted by molar-refractivity contribution is -0.132. The van der Waals surface area contributed by atoms with E-state index in [1.165, 1.54) is 18.9 Å². The van der Waals surface area contributed by atoms with E-state index in [-0.39, 0.29) is 22.5 Å². The minimum Gasteiger partial charge on any atom is -0.507 e. The predicted molar refractivity (Wildman–Crippen MR) is 145 cm³/mol. The number of aliphatic hydroxyl groups excluding tert-OH is 1. The van der Waals surface area contributed by atoms with Crippen LogP contribution in [0.15, 0.2) is 72.3 Å². The zero-order valence-electron chi connectivity index (χ0n) is 22.4. The number of methoxy groups -OCH3 is 1. The number of carbonyl (C=O) groups excluding carboxylic acids is 3. The fraction of sp³-hybridized carbons (Fsp3) is 0.258. The smallest absolute Gasteiger partial charge is 0.308 e. The van der Waals surface area contributed by atoms with E-state index in [1.54, 1.807) is 48.5 Å². The molecule has 196 valence electrons. The van der Waals surface area contributed by atoms with Crippen molar-refractivity contribution in [3.63, 3.8) is 0 Å². The number of Topliss-reactive ketones (excluding diaryl/α,β-unsaturated/α-hetero) is 1. The van der Waals surface area contributed by atoms with Crippen molar-refractivity contribution >= 4 is 29.1 Å². The van der Waals surface area contributed by atoms with Crippen LogP contribution in [0, 0.1) is 6.92 Å². The van der Waals surface area contributed by atoms with E-state index in [0.717, 1.165) is 11.1 Å². The molecule has 1 aliphatic heterocycles. The molecular formula is C31H31NO6. The molecule has 7 nitrogen and oxygen atoms in total. The van der Waals surface area contributed by atoms with Gasteiger partial charge >= 0.3 is 5.97 Å². The number of benzene rings is 3. The number of rotatable bonds is 5. The van der Waals surface area contributed by atoms with Crippen molar-refractivity contribution in [2.75, 3.05) is 12.0 Å². The third-order valence-electron chi connectivity index (χ3n) is 6.59. The largest absolute Gasteiger partial charge is 0.507 e. The van der Waals surface area contributed by atoms with Crippen LogP contribution >= 0.6 is 0 Å². The van der Waals surface area contributed by atoms with Crippen molar-refractivity contribution in [1.82, 2.24) is 0 Å². The Hall–Kier alpha value is -4.39. The number of nitrogens with zero attached hydrogens (tertiary/aromatic N) is 1. The van der Waals surface area contributed by atoms with Crippen LogP contribution in [0.5, 0.6) is 11.5 Å². The van der Waals surface area contributed by atoms with E-state index in [1.807, 2.05) is 25.1 Å². The van der Waals surface area contributed by atoms with E-state index in [2.05, 4.69) is 20.8 Å². The highest BCUT2D eigenvalue weighted by atomic mass is 16.5. The summed E-state index contributed by atoms with van der Waals surface area (Å²) in [5.41, 5.74) is 2.93. The zero-order chi connectivity index (χ0) is 27.8. The van der Waals surface area contributed by atoms with Crippen LogP contribution in [0.4, 0.5) is 5.69 Å². The molecule has 4 rings (SSSR count). The predicted octanol–water partition coefficient (Wildman–Crippen LogP) is 5.85. The van der Waals surface area contributed by atoms with Crippen LogP contribution in [-0.2, 0) is 19.8 Å². The van der Waals surface area contributed by atoms with Crippen LogP contribution in [0.2, 0.25) is 0 Å². The summed E-state index contributed by atoms with van der Waals surface area (Å²) in [6.45, 7) is 9.32. The number of hydrogen-bond donors (Lipinski definition) is 1. The van der Waals surface area contributed by atoms with Gasteiger partial charge in [0.05, 0.1) is 18.7 Å². The molecule has 1 atom stereocenters. The fourth-order valence-corrected chi connectivity index (χ4v) is 4.56. The maximum Gasteiger partial charge on any atom is 0.308 e. The van der Waals surface area contributed by atoms with Gasteiger partial charge < -0.3 is 14.6 Å². The summed E-state index contributed by atoms with van der Waals surface area (Å²) < 4.78 is 10.5. The summed E-state index contributed by atoms with van der Waals surface area (Å²) >= 11 is 0. The maximum atomic E-state index is 13.5. The van der Waals surface area contributed by atoms with Gasteiger partial charge in [0.1, 0.15) is 17.3 Å². The lowest BCUT2D eigenvalue weighted by atomic mass is 9.84. The van der Waals surface area contributed by atoms with Crippen LogP contribution < -0.4 is 14.4 Å². The number of amides is 1. The van der Waals surface area contributed by atoms with Gasteiger partial charge in [-0.1, -0.05) is 45.0 Å². The Kier molecular flexibility index (Phi) is 7.14. The second-order valence-electron chi connectivity index (χ2n) is 10.3. The molecule has 1 fully saturated rings. The number of ketones is 1. The van der Waals surface area contributed by atoms with Crippen LogP contribution in [-0.4, -0.2) is 29.9 Å². The molecule has 1 unspecified atom stereocenters. The first-order valence-electron chi connectivity index (χ1n) is 12.3. The molecule has 0 aromatic heterocycles. The van der Waals surface area contributed by atoms with Crippen molar-refractivity contribution < 1.29 is 29.0 Å². The molecule has 1 N–H and O–H groups in total. The topological polar surface area (TPSA) is 93.1 Å². The van der Waals surface area contributed by atoms with Crippen LogP contribution in [0.25, 0.3) is 5.76 Å². The monoisotopic (exact) mass is 513 g/mol. The van der Waals surface area contributed by atoms with Crippen molar-refractivity contribution in [3.8, 4) is 11.5 Å². The second kappa shape index (κ2) is 10.2. The molecule has 0 radical (unpaired) electrons. The molecule has 1 aliphatic rings. The van der Waals surface area contributed by atoms with Gasteiger partial charge in [0.25, 0.3) is 11.7 Å². The zero-order valence-corrected chi connectivity index (χ0v) is 22.4. The molecule has 0 spiro atoms. The van der Waals surface area contributed by atoms with Crippen molar-refractivity contribution in [2.24, 2.45) is 0 Å². The molecule has 1 heterocycles. The van der Waals surface area contributed by atoms with E-state index >= 15 is 0 Å². The summed E-state index contributed by atoms with van der Waals surface area (Å²) in [4.78, 5) is 40.0. The number of carbonyl (C=O) groups is 3. The number of aryl methyl sites for hydroxylation is 1. The Morgan fingerprint density at radius 3 is 2.24 bits per heavy atom. The average Bonchev–Trinajstić information content (AvgIpc) is 3.13. The number of anilines is 1. The van der Waals surface area contributed by atoms with E-state index in [0.29, 0.717) is 22.6 Å². The van der Waals surface area contributed by atoms with E-state index < -0.39 is 23.7 Å². The van der Waals surface area contributed by atoms with E-state index in [4.69, 9.17) is 9.47 Å². The average molecular weight is 514 g/mol. The number of ether oxygens (including phenoxy) is 2. The number of esters is 1. The van der Waals surface area contributed by atoms with Gasteiger partial charge in [0, 0.05) is 18.2 Å². The standard InChI is InChI=1S/C31H31NO6/c1-18-10-11-21(31(3,4)5)17-25(18)28(34)26-27(20-8-7-9-24(16-20)38-19(2)33)32(30(36)29(26)35)22-12-14-23(37-6)15-13-22/h7-17,27,34H,1-6H3/b28-26+. The fourth-order valence-electron chi connectivity index (χ4n) is 4.56. The summed E-state index contributed by atoms with van der Waals surface area (Å²) in [5.74, 6) is -1.48. The van der Waals surface area contributed by atoms with Gasteiger partial charge in [-0.2, -0.15) is 0 Å². The van der Waals surface area contributed by atoms with Gasteiger partial charge in [-0.3, -0.25) is 19.3 Å². The summed E-state index contributed by atoms with van der Waals surface area (Å²) in [7, 11) is 1.54. The normalized spacial score (nSPS) is 17.0. The lowest BCUT2D eigenvalue weighted by Crippen LogP contribution is -2.29. The van der Waals surface area contributed by atoms with Crippen molar-refractivity contribution in [1.29, 1.82) is 0 Å². The molecule has 38 heavy (non-hydrogen) atoms. The lowest BCUT2D eigenvalue weighted by Gasteiger charge is -2.26. The highest BCUT2D eigenvalue weighted by molar-refractivity contribution is 6.51. The summed E-state index contributed by atoms with van der Waals surface area (Å²) in [6.07, 6.45) is 0. The third-order valence-corrected chi connectivity index (χ3v) is 6.59.